The molecule has 0 amide bonds. The maximum absolute atomic E-state index is 5.61. The second-order valence-corrected chi connectivity index (χ2v) is 5.04. The van der Waals surface area contributed by atoms with Crippen LogP contribution in [0.15, 0.2) is 27.1 Å². The van der Waals surface area contributed by atoms with Crippen LogP contribution in [0.4, 0.5) is 0 Å². The second-order valence-electron chi connectivity index (χ2n) is 3.20. The molecular formula is C10H10Br2O. The summed E-state index contributed by atoms with van der Waals surface area (Å²) >= 11 is 6.95. The minimum absolute atomic E-state index is 0.300. The van der Waals surface area contributed by atoms with Gasteiger partial charge in [-0.15, -0.1) is 0 Å². The molecule has 0 spiro atoms. The first-order chi connectivity index (χ1) is 6.25. The van der Waals surface area contributed by atoms with Crippen LogP contribution in [-0.4, -0.2) is 6.61 Å². The first-order valence-electron chi connectivity index (χ1n) is 4.33. The maximum Gasteiger partial charge on any atom is 0.0826 e. The van der Waals surface area contributed by atoms with Crippen molar-refractivity contribution in [2.75, 3.05) is 6.61 Å². The van der Waals surface area contributed by atoms with Gasteiger partial charge in [0, 0.05) is 15.6 Å². The minimum atomic E-state index is 0.300. The number of hydrogen-bond donors (Lipinski definition) is 0. The molecule has 1 aliphatic rings. The Morgan fingerprint density at radius 3 is 2.38 bits per heavy atom. The molecule has 0 bridgehead atoms. The van der Waals surface area contributed by atoms with E-state index >= 15 is 0 Å². The predicted molar refractivity (Wildman–Crippen MR) is 59.8 cm³/mol. The number of hydrogen-bond acceptors (Lipinski definition) is 1. The lowest BCUT2D eigenvalue weighted by atomic mass is 10.1. The van der Waals surface area contributed by atoms with Crippen LogP contribution in [0.5, 0.6) is 0 Å². The van der Waals surface area contributed by atoms with Gasteiger partial charge in [0.2, 0.25) is 0 Å². The largest absolute Gasteiger partial charge is 0.374 e. The van der Waals surface area contributed by atoms with Gasteiger partial charge in [0.25, 0.3) is 0 Å². The molecule has 1 heterocycles. The van der Waals surface area contributed by atoms with E-state index in [9.17, 15) is 0 Å². The van der Waals surface area contributed by atoms with Crippen molar-refractivity contribution in [1.82, 2.24) is 0 Å². The molecule has 0 aromatic heterocycles. The monoisotopic (exact) mass is 304 g/mol. The number of benzene rings is 1. The van der Waals surface area contributed by atoms with Gasteiger partial charge in [-0.1, -0.05) is 31.9 Å². The standard InChI is InChI=1S/C10H10Br2O/c11-8-4-7(5-9(12)6-8)10-2-1-3-13-10/h4-6,10H,1-3H2. The molecule has 1 saturated heterocycles. The minimum Gasteiger partial charge on any atom is -0.374 e. The summed E-state index contributed by atoms with van der Waals surface area (Å²) in [6, 6.07) is 6.29. The molecule has 1 aromatic carbocycles. The second kappa shape index (κ2) is 4.11. The summed E-state index contributed by atoms with van der Waals surface area (Å²) in [6.07, 6.45) is 2.62. The third-order valence-corrected chi connectivity index (χ3v) is 3.10. The lowest BCUT2D eigenvalue weighted by Crippen LogP contribution is -1.95. The molecule has 13 heavy (non-hydrogen) atoms. The van der Waals surface area contributed by atoms with Crippen LogP contribution in [0.2, 0.25) is 0 Å². The Morgan fingerprint density at radius 1 is 1.15 bits per heavy atom. The molecular weight excluding hydrogens is 296 g/mol. The van der Waals surface area contributed by atoms with Gasteiger partial charge in [-0.2, -0.15) is 0 Å². The van der Waals surface area contributed by atoms with E-state index in [-0.39, 0.29) is 0 Å². The van der Waals surface area contributed by atoms with Crippen molar-refractivity contribution >= 4 is 31.9 Å². The third-order valence-electron chi connectivity index (χ3n) is 2.19. The van der Waals surface area contributed by atoms with Crippen LogP contribution in [0, 0.1) is 0 Å². The summed E-state index contributed by atoms with van der Waals surface area (Å²) in [6.45, 7) is 0.898. The van der Waals surface area contributed by atoms with Crippen molar-refractivity contribution < 1.29 is 4.74 Å². The predicted octanol–water partition coefficient (Wildman–Crippen LogP) is 4.06. The highest BCUT2D eigenvalue weighted by Crippen LogP contribution is 2.32. The summed E-state index contributed by atoms with van der Waals surface area (Å²) in [4.78, 5) is 0. The molecule has 0 saturated carbocycles. The molecule has 1 atom stereocenters. The average molecular weight is 306 g/mol. The Hall–Kier alpha value is 0.140. The molecule has 70 valence electrons. The normalized spacial score (nSPS) is 22.2. The zero-order valence-electron chi connectivity index (χ0n) is 7.09. The van der Waals surface area contributed by atoms with Crippen LogP contribution in [-0.2, 0) is 4.74 Å². The first kappa shape index (κ1) is 9.69. The molecule has 1 aromatic rings. The summed E-state index contributed by atoms with van der Waals surface area (Å²) in [7, 11) is 0. The quantitative estimate of drug-likeness (QED) is 0.760. The average Bonchev–Trinajstić information content (AvgIpc) is 2.53. The lowest BCUT2D eigenvalue weighted by molar-refractivity contribution is 0.112. The Kier molecular flexibility index (Phi) is 3.06. The number of halogens is 2. The summed E-state index contributed by atoms with van der Waals surface area (Å²) in [5.41, 5.74) is 1.26. The van der Waals surface area contributed by atoms with E-state index in [1.807, 2.05) is 6.07 Å². The summed E-state index contributed by atoms with van der Waals surface area (Å²) in [5, 5.41) is 0. The Labute approximate surface area is 94.7 Å². The third kappa shape index (κ3) is 2.33. The van der Waals surface area contributed by atoms with E-state index in [1.54, 1.807) is 0 Å². The number of rotatable bonds is 1. The van der Waals surface area contributed by atoms with Gasteiger partial charge in [-0.05, 0) is 36.6 Å². The zero-order chi connectivity index (χ0) is 9.26. The summed E-state index contributed by atoms with van der Waals surface area (Å²) in [5.74, 6) is 0. The summed E-state index contributed by atoms with van der Waals surface area (Å²) < 4.78 is 7.82. The molecule has 0 N–H and O–H groups in total. The fourth-order valence-electron chi connectivity index (χ4n) is 1.60. The molecule has 3 heteroatoms. The van der Waals surface area contributed by atoms with Crippen molar-refractivity contribution in [2.45, 2.75) is 18.9 Å². The fraction of sp³-hybridized carbons (Fsp3) is 0.400. The van der Waals surface area contributed by atoms with Gasteiger partial charge in [-0.3, -0.25) is 0 Å². The van der Waals surface area contributed by atoms with Crippen molar-refractivity contribution in [1.29, 1.82) is 0 Å². The highest BCUT2D eigenvalue weighted by atomic mass is 79.9. The van der Waals surface area contributed by atoms with Gasteiger partial charge in [0.15, 0.2) is 0 Å². The van der Waals surface area contributed by atoms with Gasteiger partial charge in [0.1, 0.15) is 0 Å². The van der Waals surface area contributed by atoms with E-state index in [0.29, 0.717) is 6.10 Å². The van der Waals surface area contributed by atoms with Crippen molar-refractivity contribution in [3.63, 3.8) is 0 Å². The molecule has 2 rings (SSSR count). The van der Waals surface area contributed by atoms with E-state index in [2.05, 4.69) is 44.0 Å². The van der Waals surface area contributed by atoms with Crippen LogP contribution >= 0.6 is 31.9 Å². The molecule has 0 aliphatic carbocycles. The SMILES string of the molecule is Brc1cc(Br)cc(C2CCCO2)c1. The first-order valence-corrected chi connectivity index (χ1v) is 5.92. The molecule has 1 unspecified atom stereocenters. The maximum atomic E-state index is 5.61. The lowest BCUT2D eigenvalue weighted by Gasteiger charge is -2.10. The van der Waals surface area contributed by atoms with Crippen LogP contribution in [0.3, 0.4) is 0 Å². The van der Waals surface area contributed by atoms with E-state index in [1.165, 1.54) is 12.0 Å². The fourth-order valence-corrected chi connectivity index (χ4v) is 2.93. The van der Waals surface area contributed by atoms with Gasteiger partial charge in [0.05, 0.1) is 6.10 Å². The van der Waals surface area contributed by atoms with E-state index < -0.39 is 0 Å². The van der Waals surface area contributed by atoms with Crippen molar-refractivity contribution in [3.8, 4) is 0 Å². The van der Waals surface area contributed by atoms with Crippen molar-refractivity contribution in [3.05, 3.63) is 32.7 Å². The van der Waals surface area contributed by atoms with Crippen LogP contribution in [0.25, 0.3) is 0 Å². The Balaban J connectivity index is 2.28. The van der Waals surface area contributed by atoms with Gasteiger partial charge < -0.3 is 4.74 Å². The van der Waals surface area contributed by atoms with Crippen LogP contribution in [0.1, 0.15) is 24.5 Å². The zero-order valence-corrected chi connectivity index (χ0v) is 10.3. The van der Waals surface area contributed by atoms with E-state index in [0.717, 1.165) is 22.0 Å². The van der Waals surface area contributed by atoms with E-state index in [4.69, 9.17) is 4.74 Å². The number of ether oxygens (including phenoxy) is 1. The van der Waals surface area contributed by atoms with Gasteiger partial charge in [-0.25, -0.2) is 0 Å². The molecule has 1 nitrogen and oxygen atoms in total. The molecule has 1 fully saturated rings. The molecule has 0 radical (unpaired) electrons. The highest BCUT2D eigenvalue weighted by molar-refractivity contribution is 9.11. The molecule has 1 aliphatic heterocycles. The topological polar surface area (TPSA) is 9.23 Å². The highest BCUT2D eigenvalue weighted by Gasteiger charge is 2.17. The van der Waals surface area contributed by atoms with Gasteiger partial charge >= 0.3 is 0 Å². The smallest absolute Gasteiger partial charge is 0.0826 e. The Morgan fingerprint density at radius 2 is 1.85 bits per heavy atom. The Bertz CT molecular complexity index is 286. The van der Waals surface area contributed by atoms with Crippen molar-refractivity contribution in [2.24, 2.45) is 0 Å². The van der Waals surface area contributed by atoms with Crippen LogP contribution < -0.4 is 0 Å².